The molecule has 1 aliphatic rings. The van der Waals surface area contributed by atoms with Crippen molar-refractivity contribution in [3.8, 4) is 11.5 Å². The zero-order valence-corrected chi connectivity index (χ0v) is 15.7. The molecule has 0 bridgehead atoms. The van der Waals surface area contributed by atoms with E-state index in [1.165, 1.54) is 6.42 Å². The second-order valence-electron chi connectivity index (χ2n) is 6.08. The third-order valence-corrected chi connectivity index (χ3v) is 4.46. The van der Waals surface area contributed by atoms with E-state index in [-0.39, 0.29) is 18.3 Å². The lowest BCUT2D eigenvalue weighted by Crippen LogP contribution is -2.42. The summed E-state index contributed by atoms with van der Waals surface area (Å²) < 4.78 is 10.6. The zero-order valence-electron chi connectivity index (χ0n) is 14.8. The van der Waals surface area contributed by atoms with Crippen molar-refractivity contribution < 1.29 is 14.3 Å². The Balaban J connectivity index is 0.00000288. The van der Waals surface area contributed by atoms with Crippen molar-refractivity contribution in [3.05, 3.63) is 23.8 Å². The number of hydrogen-bond donors (Lipinski definition) is 1. The van der Waals surface area contributed by atoms with Crippen molar-refractivity contribution in [3.63, 3.8) is 0 Å². The summed E-state index contributed by atoms with van der Waals surface area (Å²) in [4.78, 5) is 14.5. The molecule has 1 fully saturated rings. The minimum absolute atomic E-state index is 0. The summed E-state index contributed by atoms with van der Waals surface area (Å²) in [7, 11) is 5.27. The van der Waals surface area contributed by atoms with Crippen LogP contribution in [0.15, 0.2) is 18.2 Å². The molecule has 0 radical (unpaired) electrons. The predicted molar refractivity (Wildman–Crippen MR) is 98.3 cm³/mol. The van der Waals surface area contributed by atoms with E-state index < -0.39 is 0 Å². The van der Waals surface area contributed by atoms with Gasteiger partial charge in [0.05, 0.1) is 14.2 Å². The zero-order chi connectivity index (χ0) is 16.7. The summed E-state index contributed by atoms with van der Waals surface area (Å²) in [6, 6.07) is 5.71. The van der Waals surface area contributed by atoms with Crippen molar-refractivity contribution >= 4 is 18.3 Å². The van der Waals surface area contributed by atoms with Crippen molar-refractivity contribution in [2.75, 3.05) is 40.9 Å². The summed E-state index contributed by atoms with van der Waals surface area (Å²) in [6.07, 6.45) is 3.48. The van der Waals surface area contributed by atoms with E-state index in [4.69, 9.17) is 9.47 Å². The largest absolute Gasteiger partial charge is 0.497 e. The van der Waals surface area contributed by atoms with E-state index in [9.17, 15) is 4.79 Å². The molecular weight excluding hydrogens is 328 g/mol. The van der Waals surface area contributed by atoms with Crippen LogP contribution in [0.2, 0.25) is 0 Å². The summed E-state index contributed by atoms with van der Waals surface area (Å²) in [5.74, 6) is 2.41. The molecule has 5 nitrogen and oxygen atoms in total. The summed E-state index contributed by atoms with van der Waals surface area (Å²) in [5.41, 5.74) is 1.02. The van der Waals surface area contributed by atoms with E-state index in [1.807, 2.05) is 30.1 Å². The van der Waals surface area contributed by atoms with Gasteiger partial charge < -0.3 is 19.7 Å². The highest BCUT2D eigenvalue weighted by Crippen LogP contribution is 2.25. The van der Waals surface area contributed by atoms with Crippen LogP contribution in [-0.4, -0.2) is 51.7 Å². The average Bonchev–Trinajstić information content (AvgIpc) is 2.59. The molecule has 1 aromatic rings. The molecule has 24 heavy (non-hydrogen) atoms. The second kappa shape index (κ2) is 10.4. The minimum Gasteiger partial charge on any atom is -0.497 e. The molecule has 0 aliphatic carbocycles. The topological polar surface area (TPSA) is 50.8 Å². The van der Waals surface area contributed by atoms with Gasteiger partial charge in [-0.2, -0.15) is 0 Å². The van der Waals surface area contributed by atoms with Crippen molar-refractivity contribution in [2.45, 2.75) is 25.7 Å². The number of amides is 1. The fraction of sp³-hybridized carbons (Fsp3) is 0.611. The molecular formula is C18H29ClN2O3. The van der Waals surface area contributed by atoms with Gasteiger partial charge in [0, 0.05) is 19.5 Å². The molecule has 1 atom stereocenters. The molecule has 6 heteroatoms. The fourth-order valence-electron chi connectivity index (χ4n) is 3.22. The molecule has 0 saturated carbocycles. The number of nitrogens with one attached hydrogen (secondary N) is 1. The molecule has 1 unspecified atom stereocenters. The molecule has 0 aromatic heterocycles. The van der Waals surface area contributed by atoms with Crippen LogP contribution in [0.1, 0.15) is 24.8 Å². The van der Waals surface area contributed by atoms with Gasteiger partial charge in [0.25, 0.3) is 0 Å². The van der Waals surface area contributed by atoms with E-state index in [0.29, 0.717) is 18.8 Å². The molecule has 1 saturated heterocycles. The number of methoxy groups -OCH3 is 2. The number of hydrogen-bond acceptors (Lipinski definition) is 4. The Hall–Kier alpha value is -1.46. The van der Waals surface area contributed by atoms with Gasteiger partial charge in [-0.1, -0.05) is 0 Å². The number of nitrogens with zero attached hydrogens (tertiary/aromatic N) is 1. The third kappa shape index (κ3) is 5.56. The number of aryl methyl sites for hydroxylation is 1. The van der Waals surface area contributed by atoms with E-state index in [0.717, 1.165) is 43.1 Å². The Morgan fingerprint density at radius 1 is 1.33 bits per heavy atom. The van der Waals surface area contributed by atoms with Crippen LogP contribution in [-0.2, 0) is 11.2 Å². The highest BCUT2D eigenvalue weighted by molar-refractivity contribution is 5.85. The maximum atomic E-state index is 12.5. The number of piperidine rings is 1. The van der Waals surface area contributed by atoms with Gasteiger partial charge in [0.2, 0.25) is 5.91 Å². The molecule has 1 heterocycles. The fourth-order valence-corrected chi connectivity index (χ4v) is 3.22. The lowest BCUT2D eigenvalue weighted by Gasteiger charge is -2.32. The molecule has 1 amide bonds. The van der Waals surface area contributed by atoms with Gasteiger partial charge in [-0.3, -0.25) is 4.79 Å². The summed E-state index contributed by atoms with van der Waals surface area (Å²) >= 11 is 0. The monoisotopic (exact) mass is 356 g/mol. The van der Waals surface area contributed by atoms with Crippen LogP contribution in [0, 0.1) is 5.92 Å². The first kappa shape index (κ1) is 20.6. The van der Waals surface area contributed by atoms with Gasteiger partial charge >= 0.3 is 0 Å². The minimum atomic E-state index is 0. The highest BCUT2D eigenvalue weighted by Gasteiger charge is 2.23. The lowest BCUT2D eigenvalue weighted by molar-refractivity contribution is -0.132. The Morgan fingerprint density at radius 3 is 2.79 bits per heavy atom. The van der Waals surface area contributed by atoms with Crippen molar-refractivity contribution in [2.24, 2.45) is 5.92 Å². The standard InChI is InChI=1S/C18H28N2O3.ClH/c1-19-12-14-5-4-10-20(13-14)18(21)9-6-15-11-16(22-2)7-8-17(15)23-3;/h7-8,11,14,19H,4-6,9-10,12-13H2,1-3H3;1H. The van der Waals surface area contributed by atoms with Crippen LogP contribution in [0.4, 0.5) is 0 Å². The van der Waals surface area contributed by atoms with Gasteiger partial charge in [-0.05, 0) is 62.5 Å². The molecule has 136 valence electrons. The van der Waals surface area contributed by atoms with E-state index in [1.54, 1.807) is 14.2 Å². The third-order valence-electron chi connectivity index (χ3n) is 4.46. The number of likely N-dealkylation sites (tertiary alicyclic amines) is 1. The number of halogens is 1. The number of carbonyl (C=O) groups excluding carboxylic acids is 1. The Morgan fingerprint density at radius 2 is 2.12 bits per heavy atom. The maximum absolute atomic E-state index is 12.5. The molecule has 1 N–H and O–H groups in total. The van der Waals surface area contributed by atoms with Gasteiger partial charge in [-0.25, -0.2) is 0 Å². The van der Waals surface area contributed by atoms with Crippen LogP contribution < -0.4 is 14.8 Å². The van der Waals surface area contributed by atoms with Gasteiger partial charge in [-0.15, -0.1) is 12.4 Å². The predicted octanol–water partition coefficient (Wildman–Crippen LogP) is 2.52. The number of carbonyl (C=O) groups is 1. The molecule has 1 aromatic carbocycles. The Bertz CT molecular complexity index is 523. The molecule has 2 rings (SSSR count). The van der Waals surface area contributed by atoms with E-state index in [2.05, 4.69) is 5.32 Å². The first-order valence-corrected chi connectivity index (χ1v) is 8.31. The SMILES string of the molecule is CNCC1CCCN(C(=O)CCc2cc(OC)ccc2OC)C1.Cl. The summed E-state index contributed by atoms with van der Waals surface area (Å²) in [6.45, 7) is 2.73. The van der Waals surface area contributed by atoms with Crippen molar-refractivity contribution in [1.82, 2.24) is 10.2 Å². The normalized spacial score (nSPS) is 17.1. The first-order chi connectivity index (χ1) is 11.2. The first-order valence-electron chi connectivity index (χ1n) is 8.31. The van der Waals surface area contributed by atoms with Gasteiger partial charge in [0.1, 0.15) is 11.5 Å². The van der Waals surface area contributed by atoms with Crippen LogP contribution >= 0.6 is 12.4 Å². The van der Waals surface area contributed by atoms with Crippen LogP contribution in [0.25, 0.3) is 0 Å². The Labute approximate surface area is 151 Å². The van der Waals surface area contributed by atoms with Crippen LogP contribution in [0.3, 0.4) is 0 Å². The maximum Gasteiger partial charge on any atom is 0.222 e. The number of rotatable bonds is 7. The summed E-state index contributed by atoms with van der Waals surface area (Å²) in [5, 5.41) is 3.21. The highest BCUT2D eigenvalue weighted by atomic mass is 35.5. The van der Waals surface area contributed by atoms with E-state index >= 15 is 0 Å². The van der Waals surface area contributed by atoms with Crippen molar-refractivity contribution in [1.29, 1.82) is 0 Å². The lowest BCUT2D eigenvalue weighted by atomic mass is 9.97. The number of ether oxygens (including phenoxy) is 2. The molecule has 0 spiro atoms. The van der Waals surface area contributed by atoms with Crippen LogP contribution in [0.5, 0.6) is 11.5 Å². The average molecular weight is 357 g/mol. The quantitative estimate of drug-likeness (QED) is 0.815. The Kier molecular flexibility index (Phi) is 8.93. The number of benzene rings is 1. The van der Waals surface area contributed by atoms with Gasteiger partial charge in [0.15, 0.2) is 0 Å². The smallest absolute Gasteiger partial charge is 0.222 e. The second-order valence-corrected chi connectivity index (χ2v) is 6.08. The molecule has 1 aliphatic heterocycles.